The SMILES string of the molecule is Cc1ccnc(-c2nc3ccccc3[nH]2)c1.Cc1ccnc(-c2nc3ccccc3n2Cc2ccc(F)cc2F)c1.Fc1ccc(CBr)c(F)c1.[2H]CF. The van der Waals surface area contributed by atoms with E-state index in [1.54, 1.807) is 12.4 Å². The molecule has 4 heterocycles. The number of hydrogen-bond donors (Lipinski definition) is 1. The van der Waals surface area contributed by atoms with Gasteiger partial charge in [0.1, 0.15) is 34.7 Å². The van der Waals surface area contributed by atoms with Gasteiger partial charge in [-0.2, -0.15) is 0 Å². The average Bonchev–Trinajstić information content (AvgIpc) is 3.76. The molecule has 0 saturated heterocycles. The van der Waals surface area contributed by atoms with E-state index in [4.69, 9.17) is 1.37 Å². The van der Waals surface area contributed by atoms with E-state index in [0.29, 0.717) is 22.3 Å². The second kappa shape index (κ2) is 18.1. The second-order valence-electron chi connectivity index (χ2n) is 11.7. The summed E-state index contributed by atoms with van der Waals surface area (Å²) in [6.07, 6.45) is 3.53. The standard InChI is InChI=1S/C20H15F2N3.C13H11N3.C7H5BrF2.CH3F/c1-13-8-9-23-18(10-13)20-24-17-4-2-3-5-19(17)25(20)12-14-6-7-15(21)11-16(14)22;1-9-6-7-14-12(8-9)13-15-10-4-2-3-5-11(10)16-13;8-4-5-1-2-6(9)3-7(5)10;1-2/h2-11H,12H2,1H3;2-8H,1H3,(H,15,16);1-3H,4H2;1H3/i;;;1D. The topological polar surface area (TPSA) is 72.3 Å². The van der Waals surface area contributed by atoms with Crippen LogP contribution in [0.25, 0.3) is 45.1 Å². The first-order valence-electron chi connectivity index (χ1n) is 16.9. The number of aromatic amines is 1. The van der Waals surface area contributed by atoms with E-state index in [2.05, 4.69) is 40.8 Å². The van der Waals surface area contributed by atoms with Gasteiger partial charge in [0.15, 0.2) is 11.6 Å². The Balaban J connectivity index is 0.000000165. The molecule has 0 amide bonds. The minimum absolute atomic E-state index is 0.248. The fourth-order valence-corrected chi connectivity index (χ4v) is 5.73. The third-order valence-corrected chi connectivity index (χ3v) is 8.45. The van der Waals surface area contributed by atoms with Crippen LogP contribution in [0.1, 0.15) is 23.6 Å². The zero-order valence-electron chi connectivity index (χ0n) is 29.7. The number of rotatable bonds is 5. The first kappa shape index (κ1) is 37.0. The third kappa shape index (κ3) is 9.78. The van der Waals surface area contributed by atoms with Crippen LogP contribution < -0.4 is 0 Å². The number of imidazole rings is 2. The van der Waals surface area contributed by atoms with Crippen molar-refractivity contribution in [2.45, 2.75) is 25.7 Å². The maximum absolute atomic E-state index is 14.2. The van der Waals surface area contributed by atoms with Crippen LogP contribution in [-0.2, 0) is 11.9 Å². The van der Waals surface area contributed by atoms with Crippen molar-refractivity contribution in [1.29, 1.82) is 0 Å². The predicted molar refractivity (Wildman–Crippen MR) is 203 cm³/mol. The van der Waals surface area contributed by atoms with Crippen LogP contribution in [0.2, 0.25) is 0 Å². The molecule has 0 radical (unpaired) electrons. The Kier molecular flexibility index (Phi) is 12.7. The molecule has 8 rings (SSSR count). The highest BCUT2D eigenvalue weighted by molar-refractivity contribution is 9.08. The zero-order chi connectivity index (χ0) is 38.6. The second-order valence-corrected chi connectivity index (χ2v) is 12.2. The number of fused-ring (bicyclic) bond motifs is 2. The molecule has 0 aliphatic carbocycles. The number of pyridine rings is 2. The van der Waals surface area contributed by atoms with Crippen molar-refractivity contribution in [2.75, 3.05) is 7.15 Å². The molecule has 4 aromatic carbocycles. The van der Waals surface area contributed by atoms with Gasteiger partial charge in [0.25, 0.3) is 0 Å². The van der Waals surface area contributed by atoms with Crippen molar-refractivity contribution in [3.05, 3.63) is 167 Å². The molecular weight excluding hydrogens is 751 g/mol. The molecule has 4 aromatic heterocycles. The Morgan fingerprint density at radius 3 is 1.85 bits per heavy atom. The molecular formula is C41H34BrF5N6. The lowest BCUT2D eigenvalue weighted by molar-refractivity contribution is 0.567. The van der Waals surface area contributed by atoms with E-state index in [1.165, 1.54) is 29.8 Å². The highest BCUT2D eigenvalue weighted by atomic mass is 79.9. The number of halogens is 6. The van der Waals surface area contributed by atoms with Crippen LogP contribution in [0.3, 0.4) is 0 Å². The van der Waals surface area contributed by atoms with Crippen molar-refractivity contribution >= 4 is 38.0 Å². The maximum atomic E-state index is 14.2. The highest BCUT2D eigenvalue weighted by Crippen LogP contribution is 2.26. The molecule has 0 aliphatic rings. The molecule has 0 spiro atoms. The van der Waals surface area contributed by atoms with Crippen molar-refractivity contribution in [1.82, 2.24) is 29.5 Å². The summed E-state index contributed by atoms with van der Waals surface area (Å²) in [7, 11) is -1.00. The van der Waals surface area contributed by atoms with Crippen molar-refractivity contribution in [3.8, 4) is 23.0 Å². The lowest BCUT2D eigenvalue weighted by Gasteiger charge is -2.10. The normalized spacial score (nSPS) is 10.8. The van der Waals surface area contributed by atoms with Crippen LogP contribution in [0.5, 0.6) is 0 Å². The number of H-pyrrole nitrogens is 1. The molecule has 0 atom stereocenters. The third-order valence-electron chi connectivity index (χ3n) is 7.85. The van der Waals surface area contributed by atoms with Gasteiger partial charge in [-0.1, -0.05) is 52.3 Å². The van der Waals surface area contributed by atoms with Gasteiger partial charge in [-0.3, -0.25) is 14.4 Å². The maximum Gasteiger partial charge on any atom is 0.160 e. The number of aryl methyl sites for hydroxylation is 2. The Hall–Kier alpha value is -5.75. The van der Waals surface area contributed by atoms with E-state index in [-0.39, 0.29) is 6.54 Å². The highest BCUT2D eigenvalue weighted by Gasteiger charge is 2.16. The number of nitrogens with zero attached hydrogens (tertiary/aromatic N) is 5. The number of benzene rings is 4. The molecule has 8 aromatic rings. The van der Waals surface area contributed by atoms with Gasteiger partial charge in [-0.05, 0) is 91.2 Å². The van der Waals surface area contributed by atoms with Crippen molar-refractivity contribution < 1.29 is 23.3 Å². The van der Waals surface area contributed by atoms with E-state index < -0.39 is 30.4 Å². The van der Waals surface area contributed by atoms with E-state index in [0.717, 1.165) is 57.0 Å². The van der Waals surface area contributed by atoms with Crippen LogP contribution in [-0.4, -0.2) is 36.6 Å². The molecule has 1 N–H and O–H groups in total. The van der Waals surface area contributed by atoms with Gasteiger partial charge in [0, 0.05) is 35.4 Å². The Labute approximate surface area is 313 Å². The molecule has 12 heteroatoms. The van der Waals surface area contributed by atoms with Gasteiger partial charge < -0.3 is 9.55 Å². The average molecular weight is 787 g/mol. The summed E-state index contributed by atoms with van der Waals surface area (Å²) in [4.78, 5) is 21.2. The smallest absolute Gasteiger partial charge is 0.160 e. The summed E-state index contributed by atoms with van der Waals surface area (Å²) in [6.45, 7) is 4.28. The minimum Gasteiger partial charge on any atom is -0.337 e. The summed E-state index contributed by atoms with van der Waals surface area (Å²) < 4.78 is 69.6. The predicted octanol–water partition coefficient (Wildman–Crippen LogP) is 11.1. The Morgan fingerprint density at radius 2 is 1.25 bits per heavy atom. The number of alkyl halides is 2. The molecule has 6 nitrogen and oxygen atoms in total. The molecule has 0 bridgehead atoms. The molecule has 0 aliphatic heterocycles. The van der Waals surface area contributed by atoms with Gasteiger partial charge in [0.05, 0.1) is 37.1 Å². The van der Waals surface area contributed by atoms with Gasteiger partial charge in [0.2, 0.25) is 0 Å². The quantitative estimate of drug-likeness (QED) is 0.139. The van der Waals surface area contributed by atoms with E-state index >= 15 is 0 Å². The van der Waals surface area contributed by atoms with Crippen molar-refractivity contribution in [2.24, 2.45) is 0 Å². The van der Waals surface area contributed by atoms with Crippen LogP contribution >= 0.6 is 15.9 Å². The number of aromatic nitrogens is 6. The van der Waals surface area contributed by atoms with Gasteiger partial charge in [-0.15, -0.1) is 0 Å². The lowest BCUT2D eigenvalue weighted by Crippen LogP contribution is -2.05. The molecule has 53 heavy (non-hydrogen) atoms. The fourth-order valence-electron chi connectivity index (χ4n) is 5.28. The monoisotopic (exact) mass is 785 g/mol. The zero-order valence-corrected chi connectivity index (χ0v) is 30.3. The Bertz CT molecular complexity index is 2440. The minimum atomic E-state index is -1.00. The first-order chi connectivity index (χ1) is 26.1. The van der Waals surface area contributed by atoms with Crippen molar-refractivity contribution in [3.63, 3.8) is 0 Å². The molecule has 0 saturated carbocycles. The van der Waals surface area contributed by atoms with Crippen LogP contribution in [0.4, 0.5) is 22.0 Å². The molecule has 0 unspecified atom stereocenters. The Morgan fingerprint density at radius 1 is 0.679 bits per heavy atom. The molecule has 270 valence electrons. The summed E-state index contributed by atoms with van der Waals surface area (Å²) in [5.41, 5.74) is 8.44. The van der Waals surface area contributed by atoms with E-state index in [1.807, 2.05) is 91.2 Å². The number of hydrogen-bond acceptors (Lipinski definition) is 4. The molecule has 0 fully saturated rings. The summed E-state index contributed by atoms with van der Waals surface area (Å²) in [5, 5.41) is 0.416. The summed E-state index contributed by atoms with van der Waals surface area (Å²) in [6, 6.07) is 30.7. The van der Waals surface area contributed by atoms with E-state index in [9.17, 15) is 22.0 Å². The van der Waals surface area contributed by atoms with Crippen LogP contribution in [0, 0.1) is 37.1 Å². The largest absolute Gasteiger partial charge is 0.337 e. The first-order valence-corrected chi connectivity index (χ1v) is 17.3. The lowest BCUT2D eigenvalue weighted by atomic mass is 10.2. The van der Waals surface area contributed by atoms with Crippen LogP contribution in [0.15, 0.2) is 122 Å². The summed E-state index contributed by atoms with van der Waals surface area (Å²) in [5.74, 6) is -0.712. The fraction of sp³-hybridized carbons (Fsp3) is 0.122. The van der Waals surface area contributed by atoms with Gasteiger partial charge >= 0.3 is 0 Å². The number of para-hydroxylation sites is 4. The van der Waals surface area contributed by atoms with Gasteiger partial charge in [-0.25, -0.2) is 27.5 Å². The summed E-state index contributed by atoms with van der Waals surface area (Å²) >= 11 is 3.07. The number of nitrogens with one attached hydrogen (secondary N) is 1.